The Bertz CT molecular complexity index is 1400. The van der Waals surface area contributed by atoms with Crippen molar-refractivity contribution in [2.24, 2.45) is 11.7 Å². The van der Waals surface area contributed by atoms with E-state index in [0.717, 1.165) is 47.9 Å². The maximum Gasteiger partial charge on any atom is 0.254 e. The summed E-state index contributed by atoms with van der Waals surface area (Å²) in [6, 6.07) is 9.79. The van der Waals surface area contributed by atoms with Gasteiger partial charge in [0.25, 0.3) is 5.91 Å². The Morgan fingerprint density at radius 1 is 1.11 bits per heavy atom. The third-order valence-corrected chi connectivity index (χ3v) is 8.18. The molecule has 0 bridgehead atoms. The molecule has 4 aromatic heterocycles. The van der Waals surface area contributed by atoms with Crippen molar-refractivity contribution >= 4 is 28.7 Å². The monoisotopic (exact) mass is 517 g/mol. The molecule has 192 valence electrons. The fourth-order valence-corrected chi connectivity index (χ4v) is 5.78. The molecule has 10 heteroatoms. The minimum Gasteiger partial charge on any atom is -0.378 e. The van der Waals surface area contributed by atoms with Gasteiger partial charge in [-0.05, 0) is 48.4 Å². The van der Waals surface area contributed by atoms with Gasteiger partial charge in [0.05, 0.1) is 34.1 Å². The molecule has 6 rings (SSSR count). The number of amides is 1. The molecule has 2 saturated heterocycles. The summed E-state index contributed by atoms with van der Waals surface area (Å²) in [5.74, 6) is 1.16. The average molecular weight is 518 g/mol. The van der Waals surface area contributed by atoms with E-state index in [4.69, 9.17) is 20.4 Å². The van der Waals surface area contributed by atoms with Crippen LogP contribution >= 0.6 is 11.3 Å². The molecule has 0 radical (unpaired) electrons. The van der Waals surface area contributed by atoms with Crippen LogP contribution in [0.3, 0.4) is 0 Å². The number of fused-ring (bicyclic) bond motifs is 1. The van der Waals surface area contributed by atoms with Gasteiger partial charge in [-0.1, -0.05) is 13.0 Å². The summed E-state index contributed by atoms with van der Waals surface area (Å²) in [5, 5.41) is 6.56. The number of anilines is 1. The number of likely N-dealkylation sites (tertiary alicyclic amines) is 1. The minimum atomic E-state index is -0.0124. The molecule has 0 spiro atoms. The van der Waals surface area contributed by atoms with Crippen LogP contribution in [0.4, 0.5) is 5.82 Å². The van der Waals surface area contributed by atoms with E-state index in [2.05, 4.69) is 23.0 Å². The maximum atomic E-state index is 13.8. The Morgan fingerprint density at radius 3 is 2.76 bits per heavy atom. The van der Waals surface area contributed by atoms with Crippen LogP contribution in [0.25, 0.3) is 27.5 Å². The number of hydrogen-bond acceptors (Lipinski definition) is 8. The van der Waals surface area contributed by atoms with Crippen LogP contribution in [0.5, 0.6) is 0 Å². The Balaban J connectivity index is 1.42. The topological polar surface area (TPSA) is 102 Å². The van der Waals surface area contributed by atoms with Gasteiger partial charge < -0.3 is 20.3 Å². The highest BCUT2D eigenvalue weighted by Gasteiger charge is 2.30. The molecule has 2 N–H and O–H groups in total. The summed E-state index contributed by atoms with van der Waals surface area (Å²) >= 11 is 1.65. The van der Waals surface area contributed by atoms with Crippen molar-refractivity contribution in [1.29, 1.82) is 0 Å². The molecule has 4 aromatic rings. The molecule has 0 aliphatic carbocycles. The number of nitrogens with zero attached hydrogens (tertiary/aromatic N) is 6. The first kappa shape index (κ1) is 24.0. The highest BCUT2D eigenvalue weighted by molar-refractivity contribution is 7.13. The number of pyridine rings is 1. The van der Waals surface area contributed by atoms with Crippen molar-refractivity contribution in [2.75, 3.05) is 38.2 Å². The number of thiophene rings is 1. The van der Waals surface area contributed by atoms with Crippen molar-refractivity contribution in [3.8, 4) is 21.8 Å². The van der Waals surface area contributed by atoms with Crippen molar-refractivity contribution in [2.45, 2.75) is 31.9 Å². The summed E-state index contributed by atoms with van der Waals surface area (Å²) in [6.07, 6.45) is 5.82. The van der Waals surface area contributed by atoms with Crippen LogP contribution in [0.1, 0.15) is 30.1 Å². The van der Waals surface area contributed by atoms with E-state index in [1.165, 1.54) is 0 Å². The number of hydrogen-bond donors (Lipinski definition) is 1. The second-order valence-corrected chi connectivity index (χ2v) is 11.1. The van der Waals surface area contributed by atoms with E-state index < -0.39 is 0 Å². The van der Waals surface area contributed by atoms with Gasteiger partial charge in [-0.3, -0.25) is 4.79 Å². The first-order valence-corrected chi connectivity index (χ1v) is 13.6. The molecule has 37 heavy (non-hydrogen) atoms. The first-order valence-electron chi connectivity index (χ1n) is 12.7. The lowest BCUT2D eigenvalue weighted by Gasteiger charge is -2.39. The summed E-state index contributed by atoms with van der Waals surface area (Å²) in [5.41, 5.74) is 9.99. The number of carbonyl (C=O) groups is 1. The van der Waals surface area contributed by atoms with Gasteiger partial charge in [0, 0.05) is 51.1 Å². The smallest absolute Gasteiger partial charge is 0.254 e. The van der Waals surface area contributed by atoms with Gasteiger partial charge in [0.15, 0.2) is 5.65 Å². The Morgan fingerprint density at radius 2 is 1.97 bits per heavy atom. The van der Waals surface area contributed by atoms with Gasteiger partial charge >= 0.3 is 0 Å². The molecule has 2 aliphatic rings. The fraction of sp³-hybridized carbons (Fsp3) is 0.407. The van der Waals surface area contributed by atoms with Crippen molar-refractivity contribution in [1.82, 2.24) is 24.5 Å². The number of carbonyl (C=O) groups excluding carboxylic acids is 1. The highest BCUT2D eigenvalue weighted by atomic mass is 32.1. The molecule has 2 aliphatic heterocycles. The van der Waals surface area contributed by atoms with Crippen molar-refractivity contribution in [3.63, 3.8) is 0 Å². The standard InChI is InChI=1S/C27H31N7O2S/c1-17-5-6-19(28)14-33(13-17)27(35)18-10-23(30-25(11-18)32-15-20(16-32)36-2)21-12-29-34-8-7-22(31-26(21)34)24-4-3-9-37-24/h3-4,7-12,17,19-20H,5-6,13-16,28H2,1-2H3. The average Bonchev–Trinajstić information content (AvgIpc) is 3.52. The summed E-state index contributed by atoms with van der Waals surface area (Å²) in [7, 11) is 1.72. The van der Waals surface area contributed by atoms with Crippen molar-refractivity contribution in [3.05, 3.63) is 53.7 Å². The van der Waals surface area contributed by atoms with Gasteiger partial charge in [0.2, 0.25) is 0 Å². The number of ether oxygens (including phenoxy) is 1. The number of aromatic nitrogens is 4. The second-order valence-electron chi connectivity index (χ2n) is 10.1. The van der Waals surface area contributed by atoms with Gasteiger partial charge in [0.1, 0.15) is 5.82 Å². The molecule has 2 unspecified atom stereocenters. The van der Waals surface area contributed by atoms with Crippen LogP contribution in [0, 0.1) is 5.92 Å². The molecule has 1 amide bonds. The lowest BCUT2D eigenvalue weighted by atomic mass is 10.0. The molecule has 6 heterocycles. The fourth-order valence-electron chi connectivity index (χ4n) is 5.09. The summed E-state index contributed by atoms with van der Waals surface area (Å²) < 4.78 is 7.23. The Kier molecular flexibility index (Phi) is 6.39. The minimum absolute atomic E-state index is 0.00740. The van der Waals surface area contributed by atoms with Crippen LogP contribution in [-0.4, -0.2) is 75.8 Å². The van der Waals surface area contributed by atoms with E-state index in [1.807, 2.05) is 40.7 Å². The van der Waals surface area contributed by atoms with Crippen LogP contribution in [-0.2, 0) is 4.74 Å². The lowest BCUT2D eigenvalue weighted by Crippen LogP contribution is -2.52. The van der Waals surface area contributed by atoms with E-state index >= 15 is 0 Å². The molecular weight excluding hydrogens is 486 g/mol. The molecule has 2 fully saturated rings. The number of nitrogens with two attached hydrogens (primary N) is 1. The van der Waals surface area contributed by atoms with Crippen molar-refractivity contribution < 1.29 is 9.53 Å². The van der Waals surface area contributed by atoms with Crippen LogP contribution in [0.15, 0.2) is 48.1 Å². The molecular formula is C27H31N7O2S. The van der Waals surface area contributed by atoms with Gasteiger partial charge in [-0.25, -0.2) is 14.5 Å². The summed E-state index contributed by atoms with van der Waals surface area (Å²) in [4.78, 5) is 28.8. The zero-order valence-corrected chi connectivity index (χ0v) is 21.9. The number of rotatable bonds is 5. The van der Waals surface area contributed by atoms with E-state index in [-0.39, 0.29) is 18.1 Å². The quantitative estimate of drug-likeness (QED) is 0.432. The lowest BCUT2D eigenvalue weighted by molar-refractivity contribution is 0.0737. The molecule has 9 nitrogen and oxygen atoms in total. The highest BCUT2D eigenvalue weighted by Crippen LogP contribution is 2.31. The largest absolute Gasteiger partial charge is 0.378 e. The molecule has 2 atom stereocenters. The Hall–Kier alpha value is -3.34. The zero-order chi connectivity index (χ0) is 25.5. The Labute approximate surface area is 219 Å². The predicted octanol–water partition coefficient (Wildman–Crippen LogP) is 3.55. The van der Waals surface area contributed by atoms with E-state index in [0.29, 0.717) is 35.9 Å². The third kappa shape index (κ3) is 4.72. The van der Waals surface area contributed by atoms with Gasteiger partial charge in [-0.2, -0.15) is 5.10 Å². The van der Waals surface area contributed by atoms with Crippen LogP contribution < -0.4 is 10.6 Å². The first-order chi connectivity index (χ1) is 18.0. The van der Waals surface area contributed by atoms with E-state index in [1.54, 1.807) is 29.2 Å². The third-order valence-electron chi connectivity index (χ3n) is 7.29. The summed E-state index contributed by atoms with van der Waals surface area (Å²) in [6.45, 7) is 4.93. The maximum absolute atomic E-state index is 13.8. The van der Waals surface area contributed by atoms with E-state index in [9.17, 15) is 4.79 Å². The SMILES string of the molecule is COC1CN(c2cc(C(=O)N3CC(C)CCC(N)C3)cc(-c3cnn4ccc(-c5cccs5)nc34)n2)C1. The number of methoxy groups -OCH3 is 1. The second kappa shape index (κ2) is 9.85. The zero-order valence-electron chi connectivity index (χ0n) is 21.1. The normalized spacial score (nSPS) is 20.7. The van der Waals surface area contributed by atoms with Crippen LogP contribution in [0.2, 0.25) is 0 Å². The van der Waals surface area contributed by atoms with Gasteiger partial charge in [-0.15, -0.1) is 11.3 Å². The molecule has 0 aromatic carbocycles. The molecule has 0 saturated carbocycles. The predicted molar refractivity (Wildman–Crippen MR) is 145 cm³/mol.